The standard InChI is InChI=1S/C17H19N5O/c1-22-9-8-18-17(22)16(11-6-7-11)19-15(23)10-14-12-4-2-3-5-13(12)20-21-14/h2-5,8-9,11,16H,6-7,10H2,1H3,(H,19,23)(H,20,21). The van der Waals surface area contributed by atoms with E-state index in [-0.39, 0.29) is 11.9 Å². The summed E-state index contributed by atoms with van der Waals surface area (Å²) in [5, 5.41) is 11.4. The van der Waals surface area contributed by atoms with Gasteiger partial charge in [-0.3, -0.25) is 9.89 Å². The number of rotatable bonds is 5. The first kappa shape index (κ1) is 14.0. The van der Waals surface area contributed by atoms with Crippen molar-refractivity contribution in [2.45, 2.75) is 25.3 Å². The molecule has 2 N–H and O–H groups in total. The second kappa shape index (κ2) is 5.53. The number of carbonyl (C=O) groups is 1. The Labute approximate surface area is 133 Å². The van der Waals surface area contributed by atoms with Crippen LogP contribution in [0, 0.1) is 5.92 Å². The number of para-hydroxylation sites is 1. The molecule has 1 fully saturated rings. The van der Waals surface area contributed by atoms with Crippen LogP contribution in [0.15, 0.2) is 36.7 Å². The van der Waals surface area contributed by atoms with Gasteiger partial charge in [-0.15, -0.1) is 0 Å². The highest BCUT2D eigenvalue weighted by Gasteiger charge is 2.35. The number of hydrogen-bond acceptors (Lipinski definition) is 3. The fourth-order valence-corrected chi connectivity index (χ4v) is 3.03. The van der Waals surface area contributed by atoms with Crippen LogP contribution in [0.4, 0.5) is 0 Å². The molecule has 1 amide bonds. The molecule has 118 valence electrons. The Bertz CT molecular complexity index is 845. The molecule has 6 heteroatoms. The number of hydrogen-bond donors (Lipinski definition) is 2. The highest BCUT2D eigenvalue weighted by Crippen LogP contribution is 2.40. The molecule has 1 atom stereocenters. The third-order valence-electron chi connectivity index (χ3n) is 4.42. The third kappa shape index (κ3) is 2.72. The van der Waals surface area contributed by atoms with Gasteiger partial charge in [-0.2, -0.15) is 5.10 Å². The topological polar surface area (TPSA) is 75.6 Å². The number of nitrogens with zero attached hydrogens (tertiary/aromatic N) is 3. The van der Waals surface area contributed by atoms with Crippen LogP contribution in [0.1, 0.15) is 30.4 Å². The SMILES string of the molecule is Cn1ccnc1C(NC(=O)Cc1[nH]nc2ccccc12)C1CC1. The van der Waals surface area contributed by atoms with E-state index < -0.39 is 0 Å². The molecule has 1 aliphatic rings. The number of imidazole rings is 1. The van der Waals surface area contributed by atoms with Gasteiger partial charge in [-0.25, -0.2) is 4.98 Å². The number of amides is 1. The zero-order valence-corrected chi connectivity index (χ0v) is 13.0. The van der Waals surface area contributed by atoms with Gasteiger partial charge in [0.1, 0.15) is 5.82 Å². The fraction of sp³-hybridized carbons (Fsp3) is 0.353. The minimum Gasteiger partial charge on any atom is -0.346 e. The van der Waals surface area contributed by atoms with E-state index in [0.29, 0.717) is 12.3 Å². The van der Waals surface area contributed by atoms with E-state index in [2.05, 4.69) is 20.5 Å². The number of aromatic nitrogens is 4. The van der Waals surface area contributed by atoms with Gasteiger partial charge in [0.15, 0.2) is 0 Å². The number of aromatic amines is 1. The average Bonchev–Trinajstić information content (AvgIpc) is 3.19. The van der Waals surface area contributed by atoms with E-state index in [1.807, 2.05) is 42.1 Å². The first-order valence-electron chi connectivity index (χ1n) is 7.91. The van der Waals surface area contributed by atoms with Gasteiger partial charge < -0.3 is 9.88 Å². The van der Waals surface area contributed by atoms with Crippen molar-refractivity contribution in [3.8, 4) is 0 Å². The van der Waals surface area contributed by atoms with E-state index in [9.17, 15) is 4.79 Å². The van der Waals surface area contributed by atoms with Crippen molar-refractivity contribution in [2.75, 3.05) is 0 Å². The lowest BCUT2D eigenvalue weighted by Gasteiger charge is -2.18. The molecule has 2 aromatic heterocycles. The zero-order chi connectivity index (χ0) is 15.8. The molecule has 0 aliphatic heterocycles. The van der Waals surface area contributed by atoms with Gasteiger partial charge >= 0.3 is 0 Å². The van der Waals surface area contributed by atoms with Crippen molar-refractivity contribution in [1.82, 2.24) is 25.1 Å². The van der Waals surface area contributed by atoms with Crippen LogP contribution in [0.2, 0.25) is 0 Å². The molecule has 0 bridgehead atoms. The number of nitrogens with one attached hydrogen (secondary N) is 2. The second-order valence-corrected chi connectivity index (χ2v) is 6.18. The molecule has 1 saturated carbocycles. The predicted octanol–water partition coefficient (Wildman–Crippen LogP) is 2.11. The van der Waals surface area contributed by atoms with Gasteiger partial charge in [-0.1, -0.05) is 18.2 Å². The van der Waals surface area contributed by atoms with Crippen LogP contribution < -0.4 is 5.32 Å². The Hall–Kier alpha value is -2.63. The molecule has 23 heavy (non-hydrogen) atoms. The van der Waals surface area contributed by atoms with E-state index in [1.165, 1.54) is 0 Å². The predicted molar refractivity (Wildman–Crippen MR) is 86.6 cm³/mol. The van der Waals surface area contributed by atoms with Crippen molar-refractivity contribution >= 4 is 16.8 Å². The van der Waals surface area contributed by atoms with Crippen LogP contribution in [0.3, 0.4) is 0 Å². The first-order chi connectivity index (χ1) is 11.2. The van der Waals surface area contributed by atoms with Gasteiger partial charge in [0.2, 0.25) is 5.91 Å². The molecule has 3 aromatic rings. The Morgan fingerprint density at radius 2 is 2.26 bits per heavy atom. The van der Waals surface area contributed by atoms with Gasteiger partial charge in [-0.05, 0) is 24.8 Å². The summed E-state index contributed by atoms with van der Waals surface area (Å²) < 4.78 is 1.98. The fourth-order valence-electron chi connectivity index (χ4n) is 3.03. The maximum absolute atomic E-state index is 12.5. The van der Waals surface area contributed by atoms with Crippen LogP contribution in [-0.4, -0.2) is 25.7 Å². The Kier molecular flexibility index (Phi) is 3.37. The minimum atomic E-state index is -0.00307. The first-order valence-corrected chi connectivity index (χ1v) is 7.91. The van der Waals surface area contributed by atoms with Crippen molar-refractivity contribution in [3.05, 3.63) is 48.2 Å². The van der Waals surface area contributed by atoms with Gasteiger partial charge in [0, 0.05) is 24.8 Å². The summed E-state index contributed by atoms with van der Waals surface area (Å²) in [6, 6.07) is 7.82. The van der Waals surface area contributed by atoms with Crippen LogP contribution in [0.5, 0.6) is 0 Å². The van der Waals surface area contributed by atoms with Crippen LogP contribution in [-0.2, 0) is 18.3 Å². The number of aryl methyl sites for hydroxylation is 1. The molecule has 2 heterocycles. The summed E-state index contributed by atoms with van der Waals surface area (Å²) in [6.07, 6.45) is 6.28. The summed E-state index contributed by atoms with van der Waals surface area (Å²) in [5.74, 6) is 1.42. The highest BCUT2D eigenvalue weighted by molar-refractivity contribution is 5.87. The molecule has 4 rings (SSSR count). The zero-order valence-electron chi connectivity index (χ0n) is 13.0. The summed E-state index contributed by atoms with van der Waals surface area (Å²) in [4.78, 5) is 16.9. The summed E-state index contributed by atoms with van der Waals surface area (Å²) in [7, 11) is 1.96. The number of H-pyrrole nitrogens is 1. The summed E-state index contributed by atoms with van der Waals surface area (Å²) >= 11 is 0. The lowest BCUT2D eigenvalue weighted by atomic mass is 10.1. The van der Waals surface area contributed by atoms with E-state index in [1.54, 1.807) is 6.20 Å². The molecule has 0 saturated heterocycles. The molecule has 1 unspecified atom stereocenters. The van der Waals surface area contributed by atoms with Crippen LogP contribution >= 0.6 is 0 Å². The number of benzene rings is 1. The second-order valence-electron chi connectivity index (χ2n) is 6.18. The molecule has 0 radical (unpaired) electrons. The van der Waals surface area contributed by atoms with Crippen LogP contribution in [0.25, 0.3) is 10.9 Å². The smallest absolute Gasteiger partial charge is 0.226 e. The molecule has 0 spiro atoms. The molecular weight excluding hydrogens is 290 g/mol. The Morgan fingerprint density at radius 1 is 1.43 bits per heavy atom. The normalized spacial score (nSPS) is 15.7. The highest BCUT2D eigenvalue weighted by atomic mass is 16.1. The van der Waals surface area contributed by atoms with Crippen molar-refractivity contribution in [1.29, 1.82) is 0 Å². The Balaban J connectivity index is 1.51. The van der Waals surface area contributed by atoms with E-state index >= 15 is 0 Å². The quantitative estimate of drug-likeness (QED) is 0.758. The molecule has 1 aromatic carbocycles. The number of fused-ring (bicyclic) bond motifs is 1. The van der Waals surface area contributed by atoms with Gasteiger partial charge in [0.25, 0.3) is 0 Å². The van der Waals surface area contributed by atoms with Crippen molar-refractivity contribution in [2.24, 2.45) is 13.0 Å². The minimum absolute atomic E-state index is 0.000645. The van der Waals surface area contributed by atoms with Crippen molar-refractivity contribution in [3.63, 3.8) is 0 Å². The third-order valence-corrected chi connectivity index (χ3v) is 4.42. The van der Waals surface area contributed by atoms with E-state index in [4.69, 9.17) is 0 Å². The molecule has 1 aliphatic carbocycles. The Morgan fingerprint density at radius 3 is 3.00 bits per heavy atom. The largest absolute Gasteiger partial charge is 0.346 e. The van der Waals surface area contributed by atoms with Gasteiger partial charge in [0.05, 0.1) is 23.7 Å². The maximum Gasteiger partial charge on any atom is 0.226 e. The molecular formula is C17H19N5O. The molecule has 6 nitrogen and oxygen atoms in total. The monoisotopic (exact) mass is 309 g/mol. The summed E-state index contributed by atoms with van der Waals surface area (Å²) in [5.41, 5.74) is 1.74. The number of carbonyl (C=O) groups excluding carboxylic acids is 1. The lowest BCUT2D eigenvalue weighted by molar-refractivity contribution is -0.121. The van der Waals surface area contributed by atoms with Crippen molar-refractivity contribution < 1.29 is 4.79 Å². The summed E-state index contributed by atoms with van der Waals surface area (Å²) in [6.45, 7) is 0. The lowest BCUT2D eigenvalue weighted by Crippen LogP contribution is -2.32. The average molecular weight is 309 g/mol. The maximum atomic E-state index is 12.5. The van der Waals surface area contributed by atoms with E-state index in [0.717, 1.165) is 35.3 Å².